The lowest BCUT2D eigenvalue weighted by Crippen LogP contribution is -2.49. The van der Waals surface area contributed by atoms with Gasteiger partial charge in [-0.15, -0.1) is 5.10 Å². The highest BCUT2D eigenvalue weighted by atomic mass is 16.2. The SMILES string of the molecule is Cc1ccc(CN(C(=O)Cn2nnc3ccccc32)[C@H](C(=O)NC(C)(C)C)c2ccc(N(C)C)cc2)cc1. The molecule has 0 bridgehead atoms. The van der Waals surface area contributed by atoms with Crippen LogP contribution in [0.4, 0.5) is 5.69 Å². The standard InChI is InChI=1S/C30H36N6O2/c1-21-11-13-22(14-12-21)19-35(27(37)20-36-26-10-8-7-9-25(26)32-33-36)28(29(38)31-30(2,3)4)23-15-17-24(18-16-23)34(5)6/h7-18,28H,19-20H2,1-6H3,(H,31,38)/t28-/m0/s1. The number of hydrogen-bond acceptors (Lipinski definition) is 5. The quantitative estimate of drug-likeness (QED) is 0.376. The molecule has 1 heterocycles. The predicted octanol–water partition coefficient (Wildman–Crippen LogP) is 4.49. The summed E-state index contributed by atoms with van der Waals surface area (Å²) in [5, 5.41) is 11.5. The number of nitrogens with one attached hydrogen (secondary N) is 1. The zero-order valence-corrected chi connectivity index (χ0v) is 23.0. The van der Waals surface area contributed by atoms with Crippen molar-refractivity contribution in [1.29, 1.82) is 0 Å². The van der Waals surface area contributed by atoms with Crippen molar-refractivity contribution < 1.29 is 9.59 Å². The first-order chi connectivity index (χ1) is 18.0. The van der Waals surface area contributed by atoms with Crippen LogP contribution in [0.2, 0.25) is 0 Å². The number of anilines is 1. The molecule has 198 valence electrons. The van der Waals surface area contributed by atoms with E-state index in [1.54, 1.807) is 9.58 Å². The van der Waals surface area contributed by atoms with Crippen molar-refractivity contribution in [3.05, 3.63) is 89.5 Å². The van der Waals surface area contributed by atoms with Gasteiger partial charge in [0, 0.05) is 31.9 Å². The first kappa shape index (κ1) is 26.9. The summed E-state index contributed by atoms with van der Waals surface area (Å²) >= 11 is 0. The van der Waals surface area contributed by atoms with Gasteiger partial charge in [0.05, 0.1) is 5.52 Å². The Labute approximate surface area is 224 Å². The molecule has 1 N–H and O–H groups in total. The number of aromatic nitrogens is 3. The van der Waals surface area contributed by atoms with Gasteiger partial charge in [-0.05, 0) is 63.1 Å². The lowest BCUT2D eigenvalue weighted by atomic mass is 10.00. The summed E-state index contributed by atoms with van der Waals surface area (Å²) in [6.07, 6.45) is 0. The Morgan fingerprint density at radius 3 is 2.24 bits per heavy atom. The smallest absolute Gasteiger partial charge is 0.247 e. The summed E-state index contributed by atoms with van der Waals surface area (Å²) in [4.78, 5) is 31.5. The molecule has 1 aromatic heterocycles. The molecule has 0 saturated carbocycles. The molecule has 8 nitrogen and oxygen atoms in total. The molecule has 0 aliphatic carbocycles. The maximum Gasteiger partial charge on any atom is 0.247 e. The fourth-order valence-corrected chi connectivity index (χ4v) is 4.33. The van der Waals surface area contributed by atoms with E-state index in [4.69, 9.17) is 0 Å². The molecular weight excluding hydrogens is 476 g/mol. The molecule has 0 aliphatic rings. The zero-order valence-electron chi connectivity index (χ0n) is 23.0. The summed E-state index contributed by atoms with van der Waals surface area (Å²) in [6, 6.07) is 22.5. The van der Waals surface area contributed by atoms with Crippen LogP contribution >= 0.6 is 0 Å². The van der Waals surface area contributed by atoms with Crippen LogP contribution in [0.25, 0.3) is 11.0 Å². The molecule has 0 unspecified atom stereocenters. The molecule has 0 spiro atoms. The molecule has 2 amide bonds. The summed E-state index contributed by atoms with van der Waals surface area (Å²) < 4.78 is 1.59. The first-order valence-electron chi connectivity index (χ1n) is 12.7. The van der Waals surface area contributed by atoms with Crippen LogP contribution in [0, 0.1) is 6.92 Å². The fraction of sp³-hybridized carbons (Fsp3) is 0.333. The highest BCUT2D eigenvalue weighted by Crippen LogP contribution is 2.27. The van der Waals surface area contributed by atoms with Gasteiger partial charge in [-0.1, -0.05) is 59.3 Å². The van der Waals surface area contributed by atoms with Crippen molar-refractivity contribution >= 4 is 28.5 Å². The highest BCUT2D eigenvalue weighted by Gasteiger charge is 2.34. The molecule has 8 heteroatoms. The minimum absolute atomic E-state index is 0.0402. The summed E-state index contributed by atoms with van der Waals surface area (Å²) in [7, 11) is 3.93. The molecule has 4 aromatic rings. The Morgan fingerprint density at radius 2 is 1.61 bits per heavy atom. The van der Waals surface area contributed by atoms with Gasteiger partial charge in [-0.2, -0.15) is 0 Å². The van der Waals surface area contributed by atoms with Crippen molar-refractivity contribution in [2.75, 3.05) is 19.0 Å². The van der Waals surface area contributed by atoms with E-state index < -0.39 is 11.6 Å². The fourth-order valence-electron chi connectivity index (χ4n) is 4.33. The summed E-state index contributed by atoms with van der Waals surface area (Å²) in [6.45, 7) is 8.06. The van der Waals surface area contributed by atoms with Crippen molar-refractivity contribution in [3.8, 4) is 0 Å². The summed E-state index contributed by atoms with van der Waals surface area (Å²) in [5.74, 6) is -0.467. The number of rotatable bonds is 8. The molecular formula is C30H36N6O2. The third kappa shape index (κ3) is 6.37. The molecule has 0 saturated heterocycles. The van der Waals surface area contributed by atoms with Crippen molar-refractivity contribution in [3.63, 3.8) is 0 Å². The molecule has 0 radical (unpaired) electrons. The number of carbonyl (C=O) groups is 2. The van der Waals surface area contributed by atoms with Crippen molar-refractivity contribution in [2.24, 2.45) is 0 Å². The van der Waals surface area contributed by atoms with E-state index in [9.17, 15) is 9.59 Å². The van der Waals surface area contributed by atoms with E-state index in [0.29, 0.717) is 5.52 Å². The highest BCUT2D eigenvalue weighted by molar-refractivity contribution is 5.89. The van der Waals surface area contributed by atoms with E-state index in [1.807, 2.05) is 119 Å². The lowest BCUT2D eigenvalue weighted by Gasteiger charge is -2.34. The average Bonchev–Trinajstić information content (AvgIpc) is 3.27. The number of para-hydroxylation sites is 1. The number of benzene rings is 3. The molecule has 3 aromatic carbocycles. The average molecular weight is 513 g/mol. The number of nitrogens with zero attached hydrogens (tertiary/aromatic N) is 5. The van der Waals surface area contributed by atoms with Gasteiger partial charge in [0.25, 0.3) is 0 Å². The second-order valence-corrected chi connectivity index (χ2v) is 10.9. The normalized spacial score (nSPS) is 12.3. The van der Waals surface area contributed by atoms with Gasteiger partial charge in [0.2, 0.25) is 11.8 Å². The predicted molar refractivity (Wildman–Crippen MR) is 151 cm³/mol. The van der Waals surface area contributed by atoms with Gasteiger partial charge in [0.15, 0.2) is 0 Å². The monoisotopic (exact) mass is 512 g/mol. The van der Waals surface area contributed by atoms with Crippen LogP contribution in [0.15, 0.2) is 72.8 Å². The Balaban J connectivity index is 1.77. The molecule has 38 heavy (non-hydrogen) atoms. The van der Waals surface area contributed by atoms with Crippen LogP contribution < -0.4 is 10.2 Å². The molecule has 0 fully saturated rings. The van der Waals surface area contributed by atoms with Crippen LogP contribution in [0.3, 0.4) is 0 Å². The van der Waals surface area contributed by atoms with Gasteiger partial charge >= 0.3 is 0 Å². The number of fused-ring (bicyclic) bond motifs is 1. The van der Waals surface area contributed by atoms with E-state index in [1.165, 1.54) is 0 Å². The second-order valence-electron chi connectivity index (χ2n) is 10.9. The van der Waals surface area contributed by atoms with Crippen LogP contribution in [0.5, 0.6) is 0 Å². The van der Waals surface area contributed by atoms with Crippen molar-refractivity contribution in [2.45, 2.75) is 52.4 Å². The number of amides is 2. The number of hydrogen-bond donors (Lipinski definition) is 1. The zero-order chi connectivity index (χ0) is 27.4. The van der Waals surface area contributed by atoms with Gasteiger partial charge in [0.1, 0.15) is 18.1 Å². The van der Waals surface area contributed by atoms with Crippen LogP contribution in [-0.4, -0.2) is 51.3 Å². The van der Waals surface area contributed by atoms with Gasteiger partial charge in [-0.3, -0.25) is 9.59 Å². The molecule has 1 atom stereocenters. The number of carbonyl (C=O) groups excluding carboxylic acids is 2. The van der Waals surface area contributed by atoms with Crippen LogP contribution in [-0.2, 0) is 22.7 Å². The third-order valence-corrected chi connectivity index (χ3v) is 6.28. The van der Waals surface area contributed by atoms with Gasteiger partial charge < -0.3 is 15.1 Å². The Bertz CT molecular complexity index is 1400. The number of aryl methyl sites for hydroxylation is 1. The van der Waals surface area contributed by atoms with E-state index in [0.717, 1.165) is 27.9 Å². The van der Waals surface area contributed by atoms with Crippen LogP contribution in [0.1, 0.15) is 43.5 Å². The Hall–Kier alpha value is -4.20. The van der Waals surface area contributed by atoms with E-state index in [2.05, 4.69) is 15.6 Å². The largest absolute Gasteiger partial charge is 0.378 e. The Kier molecular flexibility index (Phi) is 7.80. The maximum atomic E-state index is 14.0. The van der Waals surface area contributed by atoms with E-state index >= 15 is 0 Å². The topological polar surface area (TPSA) is 83.4 Å². The summed E-state index contributed by atoms with van der Waals surface area (Å²) in [5.41, 5.74) is 4.82. The second kappa shape index (κ2) is 11.0. The van der Waals surface area contributed by atoms with Gasteiger partial charge in [-0.25, -0.2) is 4.68 Å². The minimum Gasteiger partial charge on any atom is -0.378 e. The maximum absolute atomic E-state index is 14.0. The van der Waals surface area contributed by atoms with Crippen molar-refractivity contribution in [1.82, 2.24) is 25.2 Å². The lowest BCUT2D eigenvalue weighted by molar-refractivity contribution is -0.142. The third-order valence-electron chi connectivity index (χ3n) is 6.28. The first-order valence-corrected chi connectivity index (χ1v) is 12.7. The minimum atomic E-state index is -0.839. The molecule has 4 rings (SSSR count). The molecule has 0 aliphatic heterocycles. The van der Waals surface area contributed by atoms with E-state index in [-0.39, 0.29) is 24.9 Å². The Morgan fingerprint density at radius 1 is 0.947 bits per heavy atom.